The fraction of sp³-hybridized carbons (Fsp3) is 0.357. The summed E-state index contributed by atoms with van der Waals surface area (Å²) >= 11 is 0. The van der Waals surface area contributed by atoms with E-state index < -0.39 is 15.1 Å². The number of aryl methyl sites for hydroxylation is 3. The number of allylic oxidation sites excluding steroid dienone is 2. The molecule has 0 unspecified atom stereocenters. The first-order valence-electron chi connectivity index (χ1n) is 11.4. The number of aromatic nitrogens is 2. The van der Waals surface area contributed by atoms with Gasteiger partial charge in [0.1, 0.15) is 0 Å². The van der Waals surface area contributed by atoms with Crippen LogP contribution in [-0.4, -0.2) is 23.6 Å². The van der Waals surface area contributed by atoms with Crippen molar-refractivity contribution in [2.45, 2.75) is 72.5 Å². The number of nitrogens with zero attached hydrogens (tertiary/aromatic N) is 2. The zero-order valence-corrected chi connectivity index (χ0v) is 22.3. The van der Waals surface area contributed by atoms with Crippen LogP contribution in [0, 0.1) is 20.8 Å². The van der Waals surface area contributed by atoms with E-state index in [4.69, 9.17) is 0 Å². The summed E-state index contributed by atoms with van der Waals surface area (Å²) in [6, 6.07) is 15.3. The van der Waals surface area contributed by atoms with Gasteiger partial charge in [-0.15, -0.1) is 0 Å². The summed E-state index contributed by atoms with van der Waals surface area (Å²) in [7, 11) is -3.25. The second kappa shape index (κ2) is 13.0. The first kappa shape index (κ1) is 28.2. The average molecular weight is 467 g/mol. The van der Waals surface area contributed by atoms with Gasteiger partial charge in [0.15, 0.2) is 9.84 Å². The quantitative estimate of drug-likeness (QED) is 0.402. The highest BCUT2D eigenvalue weighted by molar-refractivity contribution is 7.92. The van der Waals surface area contributed by atoms with Crippen LogP contribution in [0.1, 0.15) is 64.1 Å². The van der Waals surface area contributed by atoms with Gasteiger partial charge in [-0.05, 0) is 66.2 Å². The Morgan fingerprint density at radius 2 is 1.36 bits per heavy atom. The van der Waals surface area contributed by atoms with Crippen LogP contribution in [0.4, 0.5) is 0 Å². The molecule has 0 bridgehead atoms. The highest BCUT2D eigenvalue weighted by atomic mass is 32.2. The van der Waals surface area contributed by atoms with E-state index in [2.05, 4.69) is 48.1 Å². The van der Waals surface area contributed by atoms with Gasteiger partial charge in [-0.2, -0.15) is 0 Å². The van der Waals surface area contributed by atoms with Gasteiger partial charge < -0.3 is 0 Å². The maximum absolute atomic E-state index is 12.2. The van der Waals surface area contributed by atoms with Crippen LogP contribution >= 0.6 is 0 Å². The molecule has 0 aliphatic carbocycles. The number of sulfone groups is 1. The monoisotopic (exact) mass is 466 g/mol. The molecule has 0 spiro atoms. The van der Waals surface area contributed by atoms with E-state index in [9.17, 15) is 8.42 Å². The lowest BCUT2D eigenvalue weighted by molar-refractivity contribution is 0.587. The van der Waals surface area contributed by atoms with Gasteiger partial charge in [0.05, 0.1) is 33.4 Å². The Kier molecular flexibility index (Phi) is 11.2. The molecule has 1 heterocycles. The summed E-state index contributed by atoms with van der Waals surface area (Å²) in [5.41, 5.74) is 7.06. The predicted molar refractivity (Wildman–Crippen MR) is 141 cm³/mol. The molecule has 0 saturated carbocycles. The van der Waals surface area contributed by atoms with Crippen molar-refractivity contribution in [2.24, 2.45) is 0 Å². The molecule has 178 valence electrons. The molecular formula is C28H38N2O2S. The first-order chi connectivity index (χ1) is 15.6. The molecule has 4 nitrogen and oxygen atoms in total. The molecule has 0 aliphatic heterocycles. The zero-order valence-electron chi connectivity index (χ0n) is 21.5. The standard InChI is InChI=1S/C18H22N2O2S.C8H10.C2H6/c1-6-13(4)18-14(5)19-11-17(20-18)15-7-9-16(10-8-15)23(21,22)12(2)3;1-7-3-5-8(2)6-4-7;1-2/h6-12H,1-5H3;3-6H,1-2H3;1-2H3/b13-6-;;. The van der Waals surface area contributed by atoms with E-state index in [-0.39, 0.29) is 0 Å². The maximum atomic E-state index is 12.2. The van der Waals surface area contributed by atoms with Crippen molar-refractivity contribution in [1.29, 1.82) is 0 Å². The third-order valence-corrected chi connectivity index (χ3v) is 7.25. The van der Waals surface area contributed by atoms with Crippen molar-refractivity contribution in [2.75, 3.05) is 0 Å². The van der Waals surface area contributed by atoms with E-state index in [0.29, 0.717) is 4.90 Å². The molecule has 0 amide bonds. The Labute approximate surface area is 200 Å². The summed E-state index contributed by atoms with van der Waals surface area (Å²) in [5, 5.41) is -0.434. The third kappa shape index (κ3) is 7.93. The molecule has 1 aromatic heterocycles. The largest absolute Gasteiger partial charge is 0.257 e. The Morgan fingerprint density at radius 3 is 1.79 bits per heavy atom. The van der Waals surface area contributed by atoms with Crippen LogP contribution < -0.4 is 0 Å². The molecule has 33 heavy (non-hydrogen) atoms. The maximum Gasteiger partial charge on any atom is 0.180 e. The summed E-state index contributed by atoms with van der Waals surface area (Å²) in [5.74, 6) is 0. The summed E-state index contributed by atoms with van der Waals surface area (Å²) in [6.07, 6.45) is 3.72. The van der Waals surface area contributed by atoms with E-state index in [0.717, 1.165) is 28.2 Å². The smallest absolute Gasteiger partial charge is 0.180 e. The van der Waals surface area contributed by atoms with Gasteiger partial charge in [-0.1, -0.05) is 67.4 Å². The molecular weight excluding hydrogens is 428 g/mol. The van der Waals surface area contributed by atoms with Crippen LogP contribution in [0.2, 0.25) is 0 Å². The fourth-order valence-corrected chi connectivity index (χ4v) is 3.88. The second-order valence-corrected chi connectivity index (χ2v) is 10.4. The SMILES string of the molecule is C/C=C(/C)c1nc(-c2ccc(S(=O)(=O)C(C)C)cc2)cnc1C.CC.Cc1ccc(C)cc1. The van der Waals surface area contributed by atoms with Crippen molar-refractivity contribution in [3.63, 3.8) is 0 Å². The van der Waals surface area contributed by atoms with Gasteiger partial charge in [0, 0.05) is 5.56 Å². The van der Waals surface area contributed by atoms with Gasteiger partial charge in [-0.25, -0.2) is 13.4 Å². The van der Waals surface area contributed by atoms with Gasteiger partial charge in [-0.3, -0.25) is 4.98 Å². The lowest BCUT2D eigenvalue weighted by atomic mass is 10.1. The molecule has 0 radical (unpaired) electrons. The van der Waals surface area contributed by atoms with E-state index in [1.54, 1.807) is 44.3 Å². The Hall–Kier alpha value is -2.79. The van der Waals surface area contributed by atoms with Crippen molar-refractivity contribution in [3.05, 3.63) is 83.3 Å². The molecule has 0 atom stereocenters. The van der Waals surface area contributed by atoms with Gasteiger partial charge in [0.25, 0.3) is 0 Å². The van der Waals surface area contributed by atoms with E-state index in [1.165, 1.54) is 11.1 Å². The Bertz CT molecular complexity index is 1120. The van der Waals surface area contributed by atoms with Crippen molar-refractivity contribution < 1.29 is 8.42 Å². The number of hydrogen-bond acceptors (Lipinski definition) is 4. The lowest BCUT2D eigenvalue weighted by Gasteiger charge is -2.10. The molecule has 0 N–H and O–H groups in total. The predicted octanol–water partition coefficient (Wildman–Crippen LogP) is 7.39. The third-order valence-electron chi connectivity index (χ3n) is 5.08. The van der Waals surface area contributed by atoms with Gasteiger partial charge >= 0.3 is 0 Å². The molecule has 0 fully saturated rings. The molecule has 0 saturated heterocycles. The average Bonchev–Trinajstić information content (AvgIpc) is 2.82. The van der Waals surface area contributed by atoms with Gasteiger partial charge in [0.2, 0.25) is 0 Å². The first-order valence-corrected chi connectivity index (χ1v) is 13.0. The van der Waals surface area contributed by atoms with Crippen molar-refractivity contribution in [1.82, 2.24) is 9.97 Å². The summed E-state index contributed by atoms with van der Waals surface area (Å²) < 4.78 is 24.3. The van der Waals surface area contributed by atoms with Crippen molar-refractivity contribution >= 4 is 15.4 Å². The minimum absolute atomic E-state index is 0.334. The number of rotatable bonds is 4. The van der Waals surface area contributed by atoms with Crippen LogP contribution in [0.15, 0.2) is 65.7 Å². The highest BCUT2D eigenvalue weighted by Gasteiger charge is 2.19. The van der Waals surface area contributed by atoms with Crippen LogP contribution in [0.25, 0.3) is 16.8 Å². The normalized spacial score (nSPS) is 11.3. The van der Waals surface area contributed by atoms with Crippen molar-refractivity contribution in [3.8, 4) is 11.3 Å². The minimum atomic E-state index is -3.25. The van der Waals surface area contributed by atoms with Crippen LogP contribution in [0.3, 0.4) is 0 Å². The summed E-state index contributed by atoms with van der Waals surface area (Å²) in [4.78, 5) is 9.40. The van der Waals surface area contributed by atoms with E-state index in [1.807, 2.05) is 40.7 Å². The Balaban J connectivity index is 0.000000454. The van der Waals surface area contributed by atoms with Crippen LogP contribution in [-0.2, 0) is 9.84 Å². The lowest BCUT2D eigenvalue weighted by Crippen LogP contribution is -2.13. The molecule has 2 aromatic carbocycles. The molecule has 3 aromatic rings. The summed E-state index contributed by atoms with van der Waals surface area (Å²) in [6.45, 7) is 17.5. The molecule has 5 heteroatoms. The second-order valence-electron chi connectivity index (χ2n) is 7.93. The number of benzene rings is 2. The minimum Gasteiger partial charge on any atom is -0.257 e. The fourth-order valence-electron chi connectivity index (χ4n) is 2.82. The Morgan fingerprint density at radius 1 is 0.879 bits per heavy atom. The zero-order chi connectivity index (χ0) is 25.2. The molecule has 0 aliphatic rings. The van der Waals surface area contributed by atoms with Crippen LogP contribution in [0.5, 0.6) is 0 Å². The molecule has 3 rings (SSSR count). The topological polar surface area (TPSA) is 59.9 Å². The number of hydrogen-bond donors (Lipinski definition) is 0. The van der Waals surface area contributed by atoms with E-state index >= 15 is 0 Å². The highest BCUT2D eigenvalue weighted by Crippen LogP contribution is 2.24.